The molecule has 1 aliphatic rings. The monoisotopic (exact) mass is 644 g/mol. The molecule has 7 atom stereocenters. The molecule has 1 aliphatic heterocycles. The second kappa shape index (κ2) is 28.0. The van der Waals surface area contributed by atoms with E-state index in [0.29, 0.717) is 12.8 Å². The van der Waals surface area contributed by atoms with Gasteiger partial charge in [0, 0.05) is 6.42 Å². The number of carbonyl (C=O) groups excluding carboxylic acids is 1. The third-order valence-corrected chi connectivity index (χ3v) is 8.87. The summed E-state index contributed by atoms with van der Waals surface area (Å²) < 4.78 is 11.2. The van der Waals surface area contributed by atoms with Crippen LogP contribution in [0.3, 0.4) is 0 Å². The number of hydrogen-bond donors (Lipinski definition) is 6. The third kappa shape index (κ3) is 20.0. The second-order valence-corrected chi connectivity index (χ2v) is 13.0. The number of rotatable bonds is 29. The van der Waals surface area contributed by atoms with Crippen LogP contribution in [0.1, 0.15) is 155 Å². The summed E-state index contributed by atoms with van der Waals surface area (Å²) in [6.07, 6.45) is 20.8. The molecule has 0 aromatic rings. The molecule has 0 aromatic heterocycles. The van der Waals surface area contributed by atoms with Gasteiger partial charge in [0.25, 0.3) is 0 Å². The molecular formula is C36H69NO8. The molecule has 9 heteroatoms. The van der Waals surface area contributed by atoms with Gasteiger partial charge in [-0.1, -0.05) is 122 Å². The predicted molar refractivity (Wildman–Crippen MR) is 180 cm³/mol. The fourth-order valence-electron chi connectivity index (χ4n) is 5.80. The van der Waals surface area contributed by atoms with Crippen LogP contribution in [0.2, 0.25) is 0 Å². The summed E-state index contributed by atoms with van der Waals surface area (Å²) in [5.74, 6) is -0.158. The van der Waals surface area contributed by atoms with E-state index >= 15 is 0 Å². The minimum absolute atomic E-state index is 0.140. The molecule has 0 spiro atoms. The Morgan fingerprint density at radius 2 is 1.24 bits per heavy atom. The zero-order valence-electron chi connectivity index (χ0n) is 28.6. The number of nitrogens with one attached hydrogen (secondary N) is 1. The van der Waals surface area contributed by atoms with Crippen molar-refractivity contribution in [2.24, 2.45) is 0 Å². The quantitative estimate of drug-likeness (QED) is 0.0441. The van der Waals surface area contributed by atoms with E-state index in [1.807, 2.05) is 0 Å². The Morgan fingerprint density at radius 1 is 0.733 bits per heavy atom. The SMILES string of the molecule is CCCCC/C=C\CCCCCCCC(=O)NC(COC1OC(CO)C(O)C(O)C1O)C(O)CCCCCCCCCCCC. The fourth-order valence-corrected chi connectivity index (χ4v) is 5.80. The maximum atomic E-state index is 12.8. The molecule has 0 radical (unpaired) electrons. The van der Waals surface area contributed by atoms with Crippen molar-refractivity contribution >= 4 is 5.91 Å². The van der Waals surface area contributed by atoms with Crippen LogP contribution in [0, 0.1) is 0 Å². The average Bonchev–Trinajstić information content (AvgIpc) is 3.04. The summed E-state index contributed by atoms with van der Waals surface area (Å²) in [6, 6.07) is -0.715. The minimum Gasteiger partial charge on any atom is -0.394 e. The lowest BCUT2D eigenvalue weighted by molar-refractivity contribution is -0.302. The van der Waals surface area contributed by atoms with Gasteiger partial charge in [0.2, 0.25) is 5.91 Å². The molecule has 1 amide bonds. The van der Waals surface area contributed by atoms with Gasteiger partial charge in [-0.25, -0.2) is 0 Å². The lowest BCUT2D eigenvalue weighted by Gasteiger charge is -2.40. The molecule has 7 unspecified atom stereocenters. The van der Waals surface area contributed by atoms with Gasteiger partial charge in [0.05, 0.1) is 25.4 Å². The highest BCUT2D eigenvalue weighted by Gasteiger charge is 2.44. The van der Waals surface area contributed by atoms with Gasteiger partial charge in [-0.3, -0.25) is 4.79 Å². The molecule has 266 valence electrons. The van der Waals surface area contributed by atoms with Gasteiger partial charge >= 0.3 is 0 Å². The Morgan fingerprint density at radius 3 is 1.84 bits per heavy atom. The first-order valence-corrected chi connectivity index (χ1v) is 18.4. The number of aliphatic hydroxyl groups excluding tert-OH is 5. The van der Waals surface area contributed by atoms with Crippen LogP contribution in [0.15, 0.2) is 12.2 Å². The zero-order valence-corrected chi connectivity index (χ0v) is 28.6. The van der Waals surface area contributed by atoms with Crippen LogP contribution in [-0.4, -0.2) is 87.5 Å². The van der Waals surface area contributed by atoms with Crippen molar-refractivity contribution in [2.45, 2.75) is 198 Å². The normalized spacial score (nSPS) is 23.4. The van der Waals surface area contributed by atoms with E-state index in [1.54, 1.807) is 0 Å². The molecule has 6 N–H and O–H groups in total. The topological polar surface area (TPSA) is 149 Å². The molecule has 1 saturated heterocycles. The van der Waals surface area contributed by atoms with Crippen molar-refractivity contribution in [1.82, 2.24) is 5.32 Å². The molecule has 1 fully saturated rings. The van der Waals surface area contributed by atoms with E-state index in [9.17, 15) is 30.3 Å². The summed E-state index contributed by atoms with van der Waals surface area (Å²) in [5.41, 5.74) is 0. The van der Waals surface area contributed by atoms with E-state index in [-0.39, 0.29) is 12.5 Å². The Balaban J connectivity index is 2.46. The molecular weight excluding hydrogens is 574 g/mol. The highest BCUT2D eigenvalue weighted by molar-refractivity contribution is 5.76. The number of allylic oxidation sites excluding steroid dienone is 2. The van der Waals surface area contributed by atoms with Gasteiger partial charge in [-0.15, -0.1) is 0 Å². The minimum atomic E-state index is -1.55. The summed E-state index contributed by atoms with van der Waals surface area (Å²) >= 11 is 0. The van der Waals surface area contributed by atoms with E-state index in [0.717, 1.165) is 51.4 Å². The van der Waals surface area contributed by atoms with Crippen LogP contribution in [0.4, 0.5) is 0 Å². The van der Waals surface area contributed by atoms with Gasteiger partial charge in [0.15, 0.2) is 6.29 Å². The summed E-state index contributed by atoms with van der Waals surface area (Å²) in [6.45, 7) is 3.75. The van der Waals surface area contributed by atoms with E-state index in [2.05, 4.69) is 31.3 Å². The van der Waals surface area contributed by atoms with Gasteiger partial charge in [-0.2, -0.15) is 0 Å². The van der Waals surface area contributed by atoms with Crippen LogP contribution < -0.4 is 5.32 Å². The average molecular weight is 644 g/mol. The highest BCUT2D eigenvalue weighted by atomic mass is 16.7. The van der Waals surface area contributed by atoms with Crippen LogP contribution in [0.5, 0.6) is 0 Å². The van der Waals surface area contributed by atoms with Crippen LogP contribution in [-0.2, 0) is 14.3 Å². The van der Waals surface area contributed by atoms with E-state index in [1.165, 1.54) is 77.0 Å². The van der Waals surface area contributed by atoms with Crippen molar-refractivity contribution in [3.8, 4) is 0 Å². The molecule has 0 aromatic carbocycles. The number of amides is 1. The van der Waals surface area contributed by atoms with Gasteiger partial charge in [-0.05, 0) is 38.5 Å². The Bertz CT molecular complexity index is 721. The number of aliphatic hydroxyl groups is 5. The fraction of sp³-hybridized carbons (Fsp3) is 0.917. The largest absolute Gasteiger partial charge is 0.394 e. The first-order valence-electron chi connectivity index (χ1n) is 18.4. The summed E-state index contributed by atoms with van der Waals surface area (Å²) in [7, 11) is 0. The Kier molecular flexibility index (Phi) is 26.1. The Hall–Kier alpha value is -1.07. The third-order valence-electron chi connectivity index (χ3n) is 8.87. The zero-order chi connectivity index (χ0) is 33.1. The molecule has 0 saturated carbocycles. The predicted octanol–water partition coefficient (Wildman–Crippen LogP) is 5.83. The molecule has 9 nitrogen and oxygen atoms in total. The number of ether oxygens (including phenoxy) is 2. The highest BCUT2D eigenvalue weighted by Crippen LogP contribution is 2.23. The van der Waals surface area contributed by atoms with Crippen LogP contribution >= 0.6 is 0 Å². The summed E-state index contributed by atoms with van der Waals surface area (Å²) in [5, 5.41) is 53.9. The van der Waals surface area contributed by atoms with E-state index < -0.39 is 49.5 Å². The first-order chi connectivity index (χ1) is 21.8. The molecule has 0 bridgehead atoms. The molecule has 0 aliphatic carbocycles. The van der Waals surface area contributed by atoms with Crippen molar-refractivity contribution < 1.29 is 39.8 Å². The number of carbonyl (C=O) groups is 1. The van der Waals surface area contributed by atoms with Crippen molar-refractivity contribution in [3.05, 3.63) is 12.2 Å². The van der Waals surface area contributed by atoms with Gasteiger partial charge in [0.1, 0.15) is 24.4 Å². The Labute approximate surface area is 274 Å². The number of unbranched alkanes of at least 4 members (excludes halogenated alkanes) is 17. The number of hydrogen-bond acceptors (Lipinski definition) is 8. The van der Waals surface area contributed by atoms with Crippen molar-refractivity contribution in [2.75, 3.05) is 13.2 Å². The molecule has 45 heavy (non-hydrogen) atoms. The maximum Gasteiger partial charge on any atom is 0.220 e. The van der Waals surface area contributed by atoms with Gasteiger partial charge < -0.3 is 40.3 Å². The molecule has 1 heterocycles. The van der Waals surface area contributed by atoms with E-state index in [4.69, 9.17) is 9.47 Å². The lowest BCUT2D eigenvalue weighted by Crippen LogP contribution is -2.60. The van der Waals surface area contributed by atoms with Crippen molar-refractivity contribution in [3.63, 3.8) is 0 Å². The first kappa shape index (κ1) is 42.0. The summed E-state index contributed by atoms with van der Waals surface area (Å²) in [4.78, 5) is 12.8. The lowest BCUT2D eigenvalue weighted by atomic mass is 9.99. The molecule has 1 rings (SSSR count). The van der Waals surface area contributed by atoms with Crippen LogP contribution in [0.25, 0.3) is 0 Å². The smallest absolute Gasteiger partial charge is 0.220 e. The standard InChI is InChI=1S/C36H69NO8/c1-3-5-7-9-11-13-15-16-18-20-22-24-26-32(40)37-29(28-44-36-35(43)34(42)33(41)31(27-38)45-36)30(39)25-23-21-19-17-14-12-10-8-6-4-2/h11,13,29-31,33-36,38-39,41-43H,3-10,12,14-28H2,1-2H3,(H,37,40)/b13-11-. The maximum absolute atomic E-state index is 12.8. The second-order valence-electron chi connectivity index (χ2n) is 13.0. The van der Waals surface area contributed by atoms with Crippen molar-refractivity contribution in [1.29, 1.82) is 0 Å².